The van der Waals surface area contributed by atoms with Crippen molar-refractivity contribution in [1.82, 2.24) is 9.78 Å². The Labute approximate surface area is 115 Å². The van der Waals surface area contributed by atoms with E-state index in [-0.39, 0.29) is 5.78 Å². The lowest BCUT2D eigenvalue weighted by molar-refractivity contribution is 0.101. The van der Waals surface area contributed by atoms with Crippen molar-refractivity contribution in [3.8, 4) is 0 Å². The Bertz CT molecular complexity index is 561. The third-order valence-corrected chi connectivity index (χ3v) is 4.06. The predicted molar refractivity (Wildman–Crippen MR) is 74.5 cm³/mol. The molecule has 0 bridgehead atoms. The molecule has 1 heterocycles. The van der Waals surface area contributed by atoms with Gasteiger partial charge in [0.25, 0.3) is 0 Å². The van der Waals surface area contributed by atoms with Crippen LogP contribution in [0.3, 0.4) is 0 Å². The fourth-order valence-corrected chi connectivity index (χ4v) is 2.82. The van der Waals surface area contributed by atoms with Crippen LogP contribution in [0.25, 0.3) is 0 Å². The molecule has 94 valence electrons. The second-order valence-electron chi connectivity index (χ2n) is 3.94. The van der Waals surface area contributed by atoms with Crippen LogP contribution in [-0.2, 0) is 7.05 Å². The smallest absolute Gasteiger partial charge is 0.192 e. The van der Waals surface area contributed by atoms with Crippen molar-refractivity contribution < 1.29 is 4.79 Å². The third kappa shape index (κ3) is 2.76. The lowest BCUT2D eigenvalue weighted by Gasteiger charge is -2.05. The van der Waals surface area contributed by atoms with Crippen LogP contribution >= 0.6 is 23.4 Å². The van der Waals surface area contributed by atoms with Gasteiger partial charge in [0.2, 0.25) is 0 Å². The van der Waals surface area contributed by atoms with Gasteiger partial charge in [-0.2, -0.15) is 5.10 Å². The first-order valence-electron chi connectivity index (χ1n) is 5.48. The summed E-state index contributed by atoms with van der Waals surface area (Å²) in [7, 11) is 1.72. The molecule has 2 rings (SSSR count). The SMILES string of the molecule is Cc1ccccc1SCC(=O)c1c(Cl)cnn1C. The van der Waals surface area contributed by atoms with E-state index in [4.69, 9.17) is 11.6 Å². The molecule has 0 amide bonds. The molecule has 0 saturated carbocycles. The lowest BCUT2D eigenvalue weighted by atomic mass is 10.2. The Morgan fingerprint density at radius 3 is 2.78 bits per heavy atom. The maximum Gasteiger partial charge on any atom is 0.192 e. The average molecular weight is 281 g/mol. The van der Waals surface area contributed by atoms with E-state index in [1.54, 1.807) is 7.05 Å². The van der Waals surface area contributed by atoms with E-state index in [1.165, 1.54) is 28.2 Å². The number of aromatic nitrogens is 2. The van der Waals surface area contributed by atoms with Crippen LogP contribution in [0.4, 0.5) is 0 Å². The summed E-state index contributed by atoms with van der Waals surface area (Å²) >= 11 is 7.46. The van der Waals surface area contributed by atoms with Crippen molar-refractivity contribution in [3.63, 3.8) is 0 Å². The van der Waals surface area contributed by atoms with Gasteiger partial charge in [0, 0.05) is 11.9 Å². The summed E-state index contributed by atoms with van der Waals surface area (Å²) in [6, 6.07) is 8.00. The van der Waals surface area contributed by atoms with Crippen LogP contribution in [0.15, 0.2) is 35.4 Å². The zero-order valence-corrected chi connectivity index (χ0v) is 11.8. The number of ketones is 1. The van der Waals surface area contributed by atoms with Crippen molar-refractivity contribution in [2.75, 3.05) is 5.75 Å². The zero-order chi connectivity index (χ0) is 13.1. The number of benzene rings is 1. The van der Waals surface area contributed by atoms with Gasteiger partial charge in [-0.1, -0.05) is 29.8 Å². The molecule has 0 N–H and O–H groups in total. The number of hydrogen-bond donors (Lipinski definition) is 0. The molecule has 0 radical (unpaired) electrons. The molecule has 5 heteroatoms. The van der Waals surface area contributed by atoms with Gasteiger partial charge in [0.15, 0.2) is 5.78 Å². The maximum atomic E-state index is 12.1. The highest BCUT2D eigenvalue weighted by Gasteiger charge is 2.15. The number of rotatable bonds is 4. The van der Waals surface area contributed by atoms with Crippen LogP contribution in [0.2, 0.25) is 5.02 Å². The molecule has 0 atom stereocenters. The lowest BCUT2D eigenvalue weighted by Crippen LogP contribution is -2.09. The van der Waals surface area contributed by atoms with E-state index < -0.39 is 0 Å². The number of halogens is 1. The van der Waals surface area contributed by atoms with Crippen LogP contribution < -0.4 is 0 Å². The summed E-state index contributed by atoms with van der Waals surface area (Å²) in [6.45, 7) is 2.03. The highest BCUT2D eigenvalue weighted by Crippen LogP contribution is 2.24. The number of aryl methyl sites for hydroxylation is 2. The zero-order valence-electron chi connectivity index (χ0n) is 10.2. The average Bonchev–Trinajstić information content (AvgIpc) is 2.68. The van der Waals surface area contributed by atoms with Crippen molar-refractivity contribution in [3.05, 3.63) is 46.7 Å². The normalized spacial score (nSPS) is 10.6. The Morgan fingerprint density at radius 1 is 1.44 bits per heavy atom. The number of nitrogens with zero attached hydrogens (tertiary/aromatic N) is 2. The second-order valence-corrected chi connectivity index (χ2v) is 5.37. The van der Waals surface area contributed by atoms with E-state index in [0.717, 1.165) is 4.90 Å². The van der Waals surface area contributed by atoms with E-state index in [9.17, 15) is 4.79 Å². The number of Topliss-reactive ketones (excluding diaryl/α,β-unsaturated/α-hetero) is 1. The minimum absolute atomic E-state index is 0.00625. The molecule has 2 aromatic rings. The Morgan fingerprint density at radius 2 is 2.17 bits per heavy atom. The highest BCUT2D eigenvalue weighted by atomic mass is 35.5. The number of thioether (sulfide) groups is 1. The fourth-order valence-electron chi connectivity index (χ4n) is 1.65. The quantitative estimate of drug-likeness (QED) is 0.636. The third-order valence-electron chi connectivity index (χ3n) is 2.61. The van der Waals surface area contributed by atoms with Crippen molar-refractivity contribution in [2.45, 2.75) is 11.8 Å². The summed E-state index contributed by atoms with van der Waals surface area (Å²) < 4.78 is 1.52. The summed E-state index contributed by atoms with van der Waals surface area (Å²) in [6.07, 6.45) is 1.49. The van der Waals surface area contributed by atoms with E-state index in [0.29, 0.717) is 16.5 Å². The fraction of sp³-hybridized carbons (Fsp3) is 0.231. The molecule has 3 nitrogen and oxygen atoms in total. The van der Waals surface area contributed by atoms with E-state index in [1.807, 2.05) is 31.2 Å². The Kier molecular flexibility index (Phi) is 4.09. The van der Waals surface area contributed by atoms with E-state index >= 15 is 0 Å². The second kappa shape index (κ2) is 5.59. The first kappa shape index (κ1) is 13.2. The van der Waals surface area contributed by atoms with Gasteiger partial charge in [-0.25, -0.2) is 0 Å². The number of carbonyl (C=O) groups excluding carboxylic acids is 1. The Balaban J connectivity index is 2.08. The molecule has 0 aliphatic heterocycles. The topological polar surface area (TPSA) is 34.9 Å². The molecule has 0 saturated heterocycles. The van der Waals surface area contributed by atoms with Gasteiger partial charge in [-0.3, -0.25) is 9.48 Å². The van der Waals surface area contributed by atoms with Gasteiger partial charge in [0.1, 0.15) is 5.69 Å². The maximum absolute atomic E-state index is 12.1. The molecule has 18 heavy (non-hydrogen) atoms. The number of carbonyl (C=O) groups is 1. The van der Waals surface area contributed by atoms with Gasteiger partial charge in [-0.15, -0.1) is 11.8 Å². The minimum atomic E-state index is -0.00625. The van der Waals surface area contributed by atoms with Crippen LogP contribution in [0.5, 0.6) is 0 Å². The molecule has 0 fully saturated rings. The summed E-state index contributed by atoms with van der Waals surface area (Å²) in [5.41, 5.74) is 1.64. The first-order valence-corrected chi connectivity index (χ1v) is 6.85. The molecule has 0 spiro atoms. The Hall–Kier alpha value is -1.26. The van der Waals surface area contributed by atoms with Gasteiger partial charge in [-0.05, 0) is 18.6 Å². The van der Waals surface area contributed by atoms with Crippen LogP contribution in [0, 0.1) is 6.92 Å². The minimum Gasteiger partial charge on any atom is -0.291 e. The molecule has 0 aliphatic carbocycles. The molecular weight excluding hydrogens is 268 g/mol. The van der Waals surface area contributed by atoms with Gasteiger partial charge < -0.3 is 0 Å². The predicted octanol–water partition coefficient (Wildman–Crippen LogP) is 3.36. The molecule has 1 aromatic heterocycles. The molecule has 0 aliphatic rings. The molecule has 1 aromatic carbocycles. The first-order chi connectivity index (χ1) is 8.59. The van der Waals surface area contributed by atoms with Crippen molar-refractivity contribution in [2.24, 2.45) is 7.05 Å². The van der Waals surface area contributed by atoms with Gasteiger partial charge >= 0.3 is 0 Å². The highest BCUT2D eigenvalue weighted by molar-refractivity contribution is 8.00. The summed E-state index contributed by atoms with van der Waals surface area (Å²) in [5.74, 6) is 0.359. The van der Waals surface area contributed by atoms with Crippen molar-refractivity contribution >= 4 is 29.1 Å². The molecule has 0 unspecified atom stereocenters. The number of hydrogen-bond acceptors (Lipinski definition) is 3. The largest absolute Gasteiger partial charge is 0.291 e. The van der Waals surface area contributed by atoms with Gasteiger partial charge in [0.05, 0.1) is 17.0 Å². The van der Waals surface area contributed by atoms with Crippen LogP contribution in [-0.4, -0.2) is 21.3 Å². The van der Waals surface area contributed by atoms with Crippen molar-refractivity contribution in [1.29, 1.82) is 0 Å². The standard InChI is InChI=1S/C13H13ClN2OS/c1-9-5-3-4-6-12(9)18-8-11(17)13-10(14)7-15-16(13)2/h3-7H,8H2,1-2H3. The van der Waals surface area contributed by atoms with Crippen LogP contribution in [0.1, 0.15) is 16.1 Å². The summed E-state index contributed by atoms with van der Waals surface area (Å²) in [5, 5.41) is 4.37. The van der Waals surface area contributed by atoms with E-state index in [2.05, 4.69) is 5.10 Å². The summed E-state index contributed by atoms with van der Waals surface area (Å²) in [4.78, 5) is 13.2. The molecular formula is C13H13ClN2OS. The monoisotopic (exact) mass is 280 g/mol.